The number of allylic oxidation sites excluding steroid dienone is 4. The van der Waals surface area contributed by atoms with E-state index in [1.54, 1.807) is 7.11 Å². The second-order valence-electron chi connectivity index (χ2n) is 7.40. The number of likely N-dealkylation sites (tertiary alicyclic amines) is 1. The third-order valence-corrected chi connectivity index (χ3v) is 6.19. The van der Waals surface area contributed by atoms with Gasteiger partial charge in [-0.1, -0.05) is 11.4 Å². The zero-order valence-corrected chi connectivity index (χ0v) is 17.2. The molecule has 0 bridgehead atoms. The summed E-state index contributed by atoms with van der Waals surface area (Å²) in [6.45, 7) is 4.81. The molecule has 2 atom stereocenters. The van der Waals surface area contributed by atoms with Crippen LogP contribution in [0.1, 0.15) is 36.6 Å². The summed E-state index contributed by atoms with van der Waals surface area (Å²) in [5.41, 5.74) is 3.67. The molecule has 0 radical (unpaired) electrons. The average molecular weight is 385 g/mol. The van der Waals surface area contributed by atoms with Crippen LogP contribution < -0.4 is 5.32 Å². The molecule has 6 nitrogen and oxygen atoms in total. The van der Waals surface area contributed by atoms with Crippen molar-refractivity contribution in [1.82, 2.24) is 20.2 Å². The highest BCUT2D eigenvalue weighted by Gasteiger charge is 2.31. The van der Waals surface area contributed by atoms with Gasteiger partial charge in [-0.3, -0.25) is 4.99 Å². The van der Waals surface area contributed by atoms with Gasteiger partial charge in [0.15, 0.2) is 0 Å². The Morgan fingerprint density at radius 1 is 1.26 bits per heavy atom. The molecule has 0 amide bonds. The number of aryl methyl sites for hydroxylation is 1. The molecule has 0 saturated carbocycles. The zero-order valence-electron chi connectivity index (χ0n) is 16.0. The molecular weight excluding hydrogens is 357 g/mol. The summed E-state index contributed by atoms with van der Waals surface area (Å²) in [6.07, 6.45) is 11.2. The van der Waals surface area contributed by atoms with Gasteiger partial charge in [0.2, 0.25) is 0 Å². The van der Waals surface area contributed by atoms with E-state index in [1.807, 2.05) is 12.5 Å². The van der Waals surface area contributed by atoms with E-state index in [9.17, 15) is 0 Å². The van der Waals surface area contributed by atoms with Crippen molar-refractivity contribution in [3.63, 3.8) is 0 Å². The Morgan fingerprint density at radius 3 is 2.78 bits per heavy atom. The predicted octanol–water partition coefficient (Wildman–Crippen LogP) is 3.05. The first-order valence-corrected chi connectivity index (χ1v) is 10.2. The second kappa shape index (κ2) is 7.89. The monoisotopic (exact) mass is 385 g/mol. The number of aromatic nitrogens is 2. The Balaban J connectivity index is 1.54. The van der Waals surface area contributed by atoms with Crippen molar-refractivity contribution >= 4 is 15.5 Å². The third kappa shape index (κ3) is 3.68. The standard InChI is InChI=1S/C20H28N5OP/c1-13-19(23-12-22-13)14-5-7-25(8-6-14)20-17(10-21-11-24-20)16-9-15(27)3-4-18(16)26-2/h3-4,10,12,14,16,24H,5-9,11,27H2,1-2H3,(H,22,23). The molecule has 1 aliphatic carbocycles. The molecule has 1 aromatic heterocycles. The van der Waals surface area contributed by atoms with Crippen molar-refractivity contribution in [2.24, 2.45) is 10.9 Å². The first-order valence-electron chi connectivity index (χ1n) is 9.60. The maximum absolute atomic E-state index is 5.67. The van der Waals surface area contributed by atoms with E-state index in [0.717, 1.165) is 38.1 Å². The Kier molecular flexibility index (Phi) is 5.35. The summed E-state index contributed by atoms with van der Waals surface area (Å²) in [7, 11) is 4.59. The minimum Gasteiger partial charge on any atom is -0.500 e. The normalized spacial score (nSPS) is 23.8. The number of methoxy groups -OCH3 is 1. The van der Waals surface area contributed by atoms with Gasteiger partial charge < -0.3 is 19.9 Å². The van der Waals surface area contributed by atoms with Crippen LogP contribution in [0.3, 0.4) is 0 Å². The molecule has 0 aromatic carbocycles. The van der Waals surface area contributed by atoms with Crippen molar-refractivity contribution < 1.29 is 4.74 Å². The van der Waals surface area contributed by atoms with Gasteiger partial charge in [0.25, 0.3) is 0 Å². The zero-order chi connectivity index (χ0) is 18.8. The van der Waals surface area contributed by atoms with Crippen molar-refractivity contribution in [2.75, 3.05) is 26.9 Å². The molecule has 144 valence electrons. The van der Waals surface area contributed by atoms with Crippen molar-refractivity contribution in [3.8, 4) is 0 Å². The van der Waals surface area contributed by atoms with E-state index >= 15 is 0 Å². The molecule has 0 spiro atoms. The van der Waals surface area contributed by atoms with E-state index < -0.39 is 0 Å². The number of rotatable bonds is 4. The number of imidazole rings is 1. The number of hydrogen-bond donors (Lipinski definition) is 2. The molecule has 4 rings (SSSR count). The fourth-order valence-electron chi connectivity index (χ4n) is 4.32. The number of hydrogen-bond acceptors (Lipinski definition) is 5. The first-order chi connectivity index (χ1) is 13.2. The second-order valence-corrected chi connectivity index (χ2v) is 8.14. The van der Waals surface area contributed by atoms with Crippen LogP contribution in [0.5, 0.6) is 0 Å². The Morgan fingerprint density at radius 2 is 2.07 bits per heavy atom. The number of nitrogens with one attached hydrogen (secondary N) is 2. The highest BCUT2D eigenvalue weighted by molar-refractivity contribution is 7.22. The van der Waals surface area contributed by atoms with Gasteiger partial charge in [-0.2, -0.15) is 0 Å². The minimum absolute atomic E-state index is 0.213. The number of ether oxygens (including phenoxy) is 1. The number of aliphatic imine (C=N–C) groups is 1. The molecule has 2 aliphatic heterocycles. The SMILES string of the molecule is COC1=CC=C(P)CC1C1=C(N2CCC(c3nc[nH]c3C)CC2)NCN=C1. The van der Waals surface area contributed by atoms with Crippen LogP contribution in [0.4, 0.5) is 0 Å². The average Bonchev–Trinajstić information content (AvgIpc) is 3.14. The third-order valence-electron chi connectivity index (χ3n) is 5.76. The summed E-state index contributed by atoms with van der Waals surface area (Å²) in [4.78, 5) is 14.7. The molecule has 7 heteroatoms. The quantitative estimate of drug-likeness (QED) is 0.782. The van der Waals surface area contributed by atoms with Crippen LogP contribution in [-0.4, -0.2) is 48.0 Å². The van der Waals surface area contributed by atoms with E-state index in [2.05, 4.69) is 53.5 Å². The van der Waals surface area contributed by atoms with Crippen LogP contribution in [-0.2, 0) is 4.74 Å². The van der Waals surface area contributed by atoms with E-state index in [1.165, 1.54) is 28.1 Å². The van der Waals surface area contributed by atoms with Crippen LogP contribution in [0.2, 0.25) is 0 Å². The van der Waals surface area contributed by atoms with Crippen molar-refractivity contribution in [1.29, 1.82) is 0 Å². The predicted molar refractivity (Wildman–Crippen MR) is 111 cm³/mol. The maximum atomic E-state index is 5.67. The lowest BCUT2D eigenvalue weighted by Crippen LogP contribution is -2.41. The fraction of sp³-hybridized carbons (Fsp3) is 0.500. The van der Waals surface area contributed by atoms with Crippen molar-refractivity contribution in [3.05, 3.63) is 52.3 Å². The maximum Gasteiger partial charge on any atom is 0.108 e. The van der Waals surface area contributed by atoms with E-state index in [0.29, 0.717) is 12.6 Å². The number of H-pyrrole nitrogens is 1. The van der Waals surface area contributed by atoms with Gasteiger partial charge in [0, 0.05) is 36.5 Å². The molecule has 1 aromatic rings. The van der Waals surface area contributed by atoms with Crippen LogP contribution in [0, 0.1) is 12.8 Å². The summed E-state index contributed by atoms with van der Waals surface area (Å²) >= 11 is 0. The van der Waals surface area contributed by atoms with Gasteiger partial charge in [-0.15, -0.1) is 9.24 Å². The highest BCUT2D eigenvalue weighted by atomic mass is 31.0. The lowest BCUT2D eigenvalue weighted by molar-refractivity contribution is 0.231. The smallest absolute Gasteiger partial charge is 0.108 e. The van der Waals surface area contributed by atoms with Gasteiger partial charge in [-0.05, 0) is 32.3 Å². The van der Waals surface area contributed by atoms with Gasteiger partial charge in [-0.25, -0.2) is 4.98 Å². The molecule has 2 unspecified atom stereocenters. The molecule has 1 fully saturated rings. The molecular formula is C20H28N5OP. The summed E-state index contributed by atoms with van der Waals surface area (Å²) in [5, 5.41) is 4.82. The lowest BCUT2D eigenvalue weighted by Gasteiger charge is -2.38. The molecule has 3 aliphatic rings. The summed E-state index contributed by atoms with van der Waals surface area (Å²) < 4.78 is 5.67. The first kappa shape index (κ1) is 18.3. The minimum atomic E-state index is 0.213. The Hall–Kier alpha value is -2.07. The topological polar surface area (TPSA) is 65.5 Å². The van der Waals surface area contributed by atoms with Crippen LogP contribution in [0.25, 0.3) is 0 Å². The summed E-state index contributed by atoms with van der Waals surface area (Å²) in [5.74, 6) is 2.98. The van der Waals surface area contributed by atoms with Gasteiger partial charge in [0.05, 0.1) is 25.0 Å². The van der Waals surface area contributed by atoms with Crippen molar-refractivity contribution in [2.45, 2.75) is 32.1 Å². The van der Waals surface area contributed by atoms with E-state index in [-0.39, 0.29) is 5.92 Å². The summed E-state index contributed by atoms with van der Waals surface area (Å²) in [6, 6.07) is 0. The fourth-order valence-corrected chi connectivity index (χ4v) is 4.65. The van der Waals surface area contributed by atoms with Crippen LogP contribution in [0.15, 0.2) is 45.9 Å². The number of nitrogens with zero attached hydrogens (tertiary/aromatic N) is 3. The largest absolute Gasteiger partial charge is 0.500 e. The highest BCUT2D eigenvalue weighted by Crippen LogP contribution is 2.37. The van der Waals surface area contributed by atoms with Gasteiger partial charge in [0.1, 0.15) is 18.2 Å². The molecule has 3 heterocycles. The number of piperidine rings is 1. The number of aromatic amines is 1. The molecule has 2 N–H and O–H groups in total. The molecule has 27 heavy (non-hydrogen) atoms. The lowest BCUT2D eigenvalue weighted by atomic mass is 9.88. The van der Waals surface area contributed by atoms with Gasteiger partial charge >= 0.3 is 0 Å². The Labute approximate surface area is 163 Å². The van der Waals surface area contributed by atoms with E-state index in [4.69, 9.17) is 4.74 Å². The van der Waals surface area contributed by atoms with Crippen LogP contribution >= 0.6 is 9.24 Å². The molecule has 1 saturated heterocycles. The Bertz CT molecular complexity index is 814.